The topological polar surface area (TPSA) is 63.2 Å². The fraction of sp³-hybridized carbons (Fsp3) is 0.333. The van der Waals surface area contributed by atoms with E-state index in [1.54, 1.807) is 18.3 Å². The van der Waals surface area contributed by atoms with E-state index in [0.717, 1.165) is 19.4 Å². The van der Waals surface area contributed by atoms with E-state index < -0.39 is 0 Å². The number of carbonyl (C=O) groups is 1. The highest BCUT2D eigenvalue weighted by atomic mass is 19.1. The summed E-state index contributed by atoms with van der Waals surface area (Å²) in [4.78, 5) is 16.5. The van der Waals surface area contributed by atoms with Crippen molar-refractivity contribution in [3.8, 4) is 11.6 Å². The van der Waals surface area contributed by atoms with Crippen LogP contribution >= 0.6 is 0 Å². The van der Waals surface area contributed by atoms with Crippen molar-refractivity contribution in [2.45, 2.75) is 25.8 Å². The second-order valence-corrected chi connectivity index (χ2v) is 6.01. The number of nitrogens with zero attached hydrogens (tertiary/aromatic N) is 1. The monoisotopic (exact) mass is 329 g/mol. The molecule has 1 aliphatic rings. The van der Waals surface area contributed by atoms with Crippen molar-refractivity contribution >= 4 is 11.6 Å². The number of anilines is 1. The Bertz CT molecular complexity index is 688. The van der Waals surface area contributed by atoms with Gasteiger partial charge in [0.2, 0.25) is 11.8 Å². The smallest absolute Gasteiger partial charge is 0.227 e. The lowest BCUT2D eigenvalue weighted by atomic mass is 9.92. The third kappa shape index (κ3) is 4.29. The SMILES string of the molecule is C[C@H]1C[C@@H](C(=O)Nc2ccc(Oc3ccc(F)cc3)nc2)CCN1. The van der Waals surface area contributed by atoms with E-state index in [2.05, 4.69) is 22.5 Å². The number of rotatable bonds is 4. The summed E-state index contributed by atoms with van der Waals surface area (Å²) in [5.41, 5.74) is 0.637. The number of nitrogens with one attached hydrogen (secondary N) is 2. The van der Waals surface area contributed by atoms with Crippen molar-refractivity contribution in [3.05, 3.63) is 48.4 Å². The van der Waals surface area contributed by atoms with E-state index in [0.29, 0.717) is 23.4 Å². The van der Waals surface area contributed by atoms with Gasteiger partial charge in [0.05, 0.1) is 11.9 Å². The molecule has 2 heterocycles. The van der Waals surface area contributed by atoms with Gasteiger partial charge in [-0.1, -0.05) is 0 Å². The molecule has 5 nitrogen and oxygen atoms in total. The summed E-state index contributed by atoms with van der Waals surface area (Å²) in [7, 11) is 0. The number of hydrogen-bond donors (Lipinski definition) is 2. The summed E-state index contributed by atoms with van der Waals surface area (Å²) in [6, 6.07) is 9.49. The molecule has 3 rings (SSSR count). The van der Waals surface area contributed by atoms with Crippen molar-refractivity contribution in [1.29, 1.82) is 0 Å². The maximum atomic E-state index is 12.9. The van der Waals surface area contributed by atoms with E-state index in [1.165, 1.54) is 24.3 Å². The Morgan fingerprint density at radius 2 is 2.08 bits per heavy atom. The average Bonchev–Trinajstić information content (AvgIpc) is 2.59. The third-order valence-corrected chi connectivity index (χ3v) is 4.03. The number of halogens is 1. The van der Waals surface area contributed by atoms with Crippen molar-refractivity contribution in [1.82, 2.24) is 10.3 Å². The van der Waals surface area contributed by atoms with E-state index in [-0.39, 0.29) is 17.6 Å². The average molecular weight is 329 g/mol. The molecule has 126 valence electrons. The minimum atomic E-state index is -0.319. The summed E-state index contributed by atoms with van der Waals surface area (Å²) in [6.07, 6.45) is 3.24. The van der Waals surface area contributed by atoms with Crippen molar-refractivity contribution in [2.24, 2.45) is 5.92 Å². The second-order valence-electron chi connectivity index (χ2n) is 6.01. The number of hydrogen-bond acceptors (Lipinski definition) is 4. The number of benzene rings is 1. The van der Waals surface area contributed by atoms with Crippen LogP contribution in [0.15, 0.2) is 42.6 Å². The normalized spacial score (nSPS) is 20.4. The zero-order chi connectivity index (χ0) is 16.9. The highest BCUT2D eigenvalue weighted by Crippen LogP contribution is 2.22. The maximum Gasteiger partial charge on any atom is 0.227 e. The molecule has 1 aromatic carbocycles. The van der Waals surface area contributed by atoms with Crippen LogP contribution < -0.4 is 15.4 Å². The molecule has 2 aromatic rings. The van der Waals surface area contributed by atoms with Gasteiger partial charge < -0.3 is 15.4 Å². The lowest BCUT2D eigenvalue weighted by Gasteiger charge is -2.27. The van der Waals surface area contributed by atoms with Crippen LogP contribution in [0.4, 0.5) is 10.1 Å². The van der Waals surface area contributed by atoms with Gasteiger partial charge in [0.25, 0.3) is 0 Å². The van der Waals surface area contributed by atoms with Crippen molar-refractivity contribution in [2.75, 3.05) is 11.9 Å². The van der Waals surface area contributed by atoms with Gasteiger partial charge in [-0.3, -0.25) is 4.79 Å². The molecule has 6 heteroatoms. The Morgan fingerprint density at radius 3 is 2.75 bits per heavy atom. The lowest BCUT2D eigenvalue weighted by molar-refractivity contribution is -0.120. The Morgan fingerprint density at radius 1 is 1.29 bits per heavy atom. The fourth-order valence-corrected chi connectivity index (χ4v) is 2.75. The first kappa shape index (κ1) is 16.4. The first-order valence-electron chi connectivity index (χ1n) is 8.04. The molecule has 1 aliphatic heterocycles. The van der Waals surface area contributed by atoms with Gasteiger partial charge in [-0.2, -0.15) is 0 Å². The summed E-state index contributed by atoms with van der Waals surface area (Å²) >= 11 is 0. The van der Waals surface area contributed by atoms with Crippen LogP contribution in [0, 0.1) is 11.7 Å². The zero-order valence-corrected chi connectivity index (χ0v) is 13.5. The lowest BCUT2D eigenvalue weighted by Crippen LogP contribution is -2.40. The third-order valence-electron chi connectivity index (χ3n) is 4.03. The standard InChI is InChI=1S/C18H20FN3O2/c1-12-10-13(8-9-20-12)18(23)22-15-4-7-17(21-11-15)24-16-5-2-14(19)3-6-16/h2-7,11-13,20H,8-10H2,1H3,(H,22,23)/t12-,13-/m0/s1. The number of ether oxygens (including phenoxy) is 1. The molecular formula is C18H20FN3O2. The molecule has 0 aliphatic carbocycles. The molecule has 2 N–H and O–H groups in total. The molecule has 1 saturated heterocycles. The molecule has 1 fully saturated rings. The van der Waals surface area contributed by atoms with Gasteiger partial charge in [-0.05, 0) is 56.6 Å². The maximum absolute atomic E-state index is 12.9. The van der Waals surface area contributed by atoms with E-state index >= 15 is 0 Å². The highest BCUT2D eigenvalue weighted by Gasteiger charge is 2.24. The van der Waals surface area contributed by atoms with Crippen LogP contribution in [0.1, 0.15) is 19.8 Å². The minimum absolute atomic E-state index is 0.0244. The fourth-order valence-electron chi connectivity index (χ4n) is 2.75. The second kappa shape index (κ2) is 7.40. The Labute approximate surface area is 140 Å². The van der Waals surface area contributed by atoms with Crippen LogP contribution in [0.2, 0.25) is 0 Å². The summed E-state index contributed by atoms with van der Waals surface area (Å²) in [5.74, 6) is 0.619. The Balaban J connectivity index is 1.58. The van der Waals surface area contributed by atoms with Gasteiger partial charge >= 0.3 is 0 Å². The number of pyridine rings is 1. The van der Waals surface area contributed by atoms with Crippen molar-refractivity contribution < 1.29 is 13.9 Å². The number of carbonyl (C=O) groups excluding carboxylic acids is 1. The van der Waals surface area contributed by atoms with Crippen LogP contribution in [-0.2, 0) is 4.79 Å². The first-order valence-corrected chi connectivity index (χ1v) is 8.04. The quantitative estimate of drug-likeness (QED) is 0.903. The van der Waals surface area contributed by atoms with E-state index in [9.17, 15) is 9.18 Å². The summed E-state index contributed by atoms with van der Waals surface area (Å²) in [5, 5.41) is 6.23. The predicted octanol–water partition coefficient (Wildman–Crippen LogP) is 3.34. The number of amides is 1. The number of piperidine rings is 1. The zero-order valence-electron chi connectivity index (χ0n) is 13.5. The minimum Gasteiger partial charge on any atom is -0.439 e. The molecule has 0 unspecified atom stereocenters. The molecular weight excluding hydrogens is 309 g/mol. The molecule has 0 spiro atoms. The van der Waals surface area contributed by atoms with Gasteiger partial charge in [-0.15, -0.1) is 0 Å². The van der Waals surface area contributed by atoms with Crippen LogP contribution in [0.5, 0.6) is 11.6 Å². The van der Waals surface area contributed by atoms with Gasteiger partial charge in [0.1, 0.15) is 11.6 Å². The molecule has 1 aromatic heterocycles. The molecule has 2 atom stereocenters. The molecule has 24 heavy (non-hydrogen) atoms. The predicted molar refractivity (Wildman–Crippen MR) is 89.5 cm³/mol. The summed E-state index contributed by atoms with van der Waals surface area (Å²) in [6.45, 7) is 2.95. The molecule has 0 radical (unpaired) electrons. The Kier molecular flexibility index (Phi) is 5.05. The van der Waals surface area contributed by atoms with Gasteiger partial charge in [-0.25, -0.2) is 9.37 Å². The van der Waals surface area contributed by atoms with Crippen LogP contribution in [0.3, 0.4) is 0 Å². The largest absolute Gasteiger partial charge is 0.439 e. The van der Waals surface area contributed by atoms with E-state index in [4.69, 9.17) is 4.74 Å². The molecule has 0 bridgehead atoms. The van der Waals surface area contributed by atoms with Crippen molar-refractivity contribution in [3.63, 3.8) is 0 Å². The molecule has 1 amide bonds. The number of aromatic nitrogens is 1. The van der Waals surface area contributed by atoms with Gasteiger partial charge in [0, 0.05) is 18.0 Å². The van der Waals surface area contributed by atoms with Crippen LogP contribution in [-0.4, -0.2) is 23.5 Å². The first-order chi connectivity index (χ1) is 11.6. The molecule has 0 saturated carbocycles. The highest BCUT2D eigenvalue weighted by molar-refractivity contribution is 5.92. The summed E-state index contributed by atoms with van der Waals surface area (Å²) < 4.78 is 18.4. The van der Waals surface area contributed by atoms with E-state index in [1.807, 2.05) is 0 Å². The van der Waals surface area contributed by atoms with Crippen LogP contribution in [0.25, 0.3) is 0 Å². The van der Waals surface area contributed by atoms with Gasteiger partial charge in [0.15, 0.2) is 0 Å². The Hall–Kier alpha value is -2.47.